The van der Waals surface area contributed by atoms with Gasteiger partial charge in [-0.25, -0.2) is 14.0 Å². The van der Waals surface area contributed by atoms with Crippen molar-refractivity contribution < 1.29 is 33.0 Å². The fourth-order valence-corrected chi connectivity index (χ4v) is 2.33. The molecule has 0 saturated carbocycles. The summed E-state index contributed by atoms with van der Waals surface area (Å²) in [6.45, 7) is 1.87. The number of imide groups is 1. The molecule has 0 aromatic heterocycles. The van der Waals surface area contributed by atoms with Gasteiger partial charge in [0.2, 0.25) is 0 Å². The van der Waals surface area contributed by atoms with Crippen LogP contribution in [0.2, 0.25) is 0 Å². The molecular formula is C21H23FN2O6. The van der Waals surface area contributed by atoms with Crippen LogP contribution in [-0.2, 0) is 9.53 Å². The maximum absolute atomic E-state index is 13.5. The monoisotopic (exact) mass is 418 g/mol. The molecule has 2 N–H and O–H groups in total. The first-order valence-electron chi connectivity index (χ1n) is 9.28. The van der Waals surface area contributed by atoms with Crippen LogP contribution in [0, 0.1) is 5.82 Å². The summed E-state index contributed by atoms with van der Waals surface area (Å²) in [5, 5.41) is 4.13. The summed E-state index contributed by atoms with van der Waals surface area (Å²) in [5.41, 5.74) is 0.0615. The van der Waals surface area contributed by atoms with E-state index in [1.54, 1.807) is 6.07 Å². The van der Waals surface area contributed by atoms with Gasteiger partial charge in [-0.1, -0.05) is 25.5 Å². The summed E-state index contributed by atoms with van der Waals surface area (Å²) >= 11 is 0. The molecule has 0 spiro atoms. The second-order valence-corrected chi connectivity index (χ2v) is 6.13. The molecule has 9 heteroatoms. The lowest BCUT2D eigenvalue weighted by molar-refractivity contribution is -0.123. The van der Waals surface area contributed by atoms with E-state index in [0.717, 1.165) is 18.9 Å². The molecule has 0 heterocycles. The summed E-state index contributed by atoms with van der Waals surface area (Å²) in [7, 11) is 1.44. The highest BCUT2D eigenvalue weighted by Gasteiger charge is 2.16. The zero-order valence-corrected chi connectivity index (χ0v) is 16.7. The Balaban J connectivity index is 1.86. The maximum atomic E-state index is 13.5. The predicted octanol–water partition coefficient (Wildman–Crippen LogP) is 3.52. The SMILES string of the molecule is CCCCOc1ccc(C(=O)OCC(=O)NC(=O)Nc2ccccc2F)cc1OC. The number of methoxy groups -OCH3 is 1. The van der Waals surface area contributed by atoms with E-state index < -0.39 is 30.3 Å². The normalized spacial score (nSPS) is 10.1. The molecule has 160 valence electrons. The molecule has 0 bridgehead atoms. The Morgan fingerprint density at radius 1 is 1.07 bits per heavy atom. The van der Waals surface area contributed by atoms with Crippen molar-refractivity contribution in [3.8, 4) is 11.5 Å². The number of urea groups is 1. The Hall–Kier alpha value is -3.62. The fraction of sp³-hybridized carbons (Fsp3) is 0.286. The molecule has 2 rings (SSSR count). The third kappa shape index (κ3) is 6.77. The summed E-state index contributed by atoms with van der Waals surface area (Å²) in [4.78, 5) is 35.7. The molecule has 0 atom stereocenters. The number of hydrogen-bond acceptors (Lipinski definition) is 6. The Labute approximate surface area is 173 Å². The van der Waals surface area contributed by atoms with Gasteiger partial charge in [0, 0.05) is 0 Å². The Kier molecular flexibility index (Phi) is 8.61. The highest BCUT2D eigenvalue weighted by Crippen LogP contribution is 2.28. The number of ether oxygens (including phenoxy) is 3. The third-order valence-corrected chi connectivity index (χ3v) is 3.86. The minimum atomic E-state index is -0.948. The molecule has 0 aliphatic carbocycles. The van der Waals surface area contributed by atoms with Crippen molar-refractivity contribution >= 4 is 23.6 Å². The zero-order valence-electron chi connectivity index (χ0n) is 16.7. The largest absolute Gasteiger partial charge is 0.493 e. The fourth-order valence-electron chi connectivity index (χ4n) is 2.33. The molecule has 0 unspecified atom stereocenters. The average Bonchev–Trinajstić information content (AvgIpc) is 2.74. The first-order valence-corrected chi connectivity index (χ1v) is 9.28. The van der Waals surface area contributed by atoms with Crippen LogP contribution in [0.15, 0.2) is 42.5 Å². The van der Waals surface area contributed by atoms with E-state index in [1.807, 2.05) is 12.2 Å². The second-order valence-electron chi connectivity index (χ2n) is 6.13. The molecule has 30 heavy (non-hydrogen) atoms. The number of halogens is 1. The average molecular weight is 418 g/mol. The number of para-hydroxylation sites is 1. The molecule has 0 fully saturated rings. The van der Waals surface area contributed by atoms with E-state index in [-0.39, 0.29) is 11.3 Å². The van der Waals surface area contributed by atoms with E-state index >= 15 is 0 Å². The van der Waals surface area contributed by atoms with Crippen molar-refractivity contribution in [2.75, 3.05) is 25.6 Å². The van der Waals surface area contributed by atoms with Gasteiger partial charge < -0.3 is 19.5 Å². The molecule has 2 aromatic carbocycles. The van der Waals surface area contributed by atoms with Crippen molar-refractivity contribution in [1.82, 2.24) is 5.32 Å². The molecule has 2 aromatic rings. The number of esters is 1. The molecule has 3 amide bonds. The van der Waals surface area contributed by atoms with Gasteiger partial charge in [-0.15, -0.1) is 0 Å². The number of benzene rings is 2. The van der Waals surface area contributed by atoms with Gasteiger partial charge in [0.25, 0.3) is 5.91 Å². The van der Waals surface area contributed by atoms with Crippen LogP contribution in [0.1, 0.15) is 30.1 Å². The summed E-state index contributed by atoms with van der Waals surface area (Å²) in [5.74, 6) is -1.45. The minimum absolute atomic E-state index is 0.0897. The first kappa shape index (κ1) is 22.7. The summed E-state index contributed by atoms with van der Waals surface area (Å²) in [6.07, 6.45) is 1.86. The van der Waals surface area contributed by atoms with Gasteiger partial charge >= 0.3 is 12.0 Å². The highest BCUT2D eigenvalue weighted by molar-refractivity contribution is 6.02. The van der Waals surface area contributed by atoms with E-state index in [4.69, 9.17) is 14.2 Å². The molecule has 8 nitrogen and oxygen atoms in total. The molecule has 0 aliphatic rings. The van der Waals surface area contributed by atoms with Gasteiger partial charge in [0.15, 0.2) is 18.1 Å². The number of carbonyl (C=O) groups excluding carboxylic acids is 3. The van der Waals surface area contributed by atoms with E-state index in [9.17, 15) is 18.8 Å². The summed E-state index contributed by atoms with van der Waals surface area (Å²) < 4.78 is 29.2. The van der Waals surface area contributed by atoms with Crippen LogP contribution >= 0.6 is 0 Å². The van der Waals surface area contributed by atoms with E-state index in [2.05, 4.69) is 5.32 Å². The molecule has 0 radical (unpaired) electrons. The van der Waals surface area contributed by atoms with Gasteiger partial charge in [0.1, 0.15) is 5.82 Å². The van der Waals surface area contributed by atoms with Gasteiger partial charge in [0.05, 0.1) is 25.0 Å². The van der Waals surface area contributed by atoms with Crippen molar-refractivity contribution in [1.29, 1.82) is 0 Å². The number of nitrogens with one attached hydrogen (secondary N) is 2. The topological polar surface area (TPSA) is 103 Å². The van der Waals surface area contributed by atoms with Gasteiger partial charge in [-0.05, 0) is 36.8 Å². The molecule has 0 saturated heterocycles. The van der Waals surface area contributed by atoms with Crippen LogP contribution in [0.5, 0.6) is 11.5 Å². The number of anilines is 1. The van der Waals surface area contributed by atoms with Gasteiger partial charge in [-0.3, -0.25) is 10.1 Å². The summed E-state index contributed by atoms with van der Waals surface area (Å²) in [6, 6.07) is 9.03. The number of rotatable bonds is 9. The van der Waals surface area contributed by atoms with Crippen LogP contribution in [0.4, 0.5) is 14.9 Å². The minimum Gasteiger partial charge on any atom is -0.493 e. The van der Waals surface area contributed by atoms with Crippen LogP contribution in [-0.4, -0.2) is 38.2 Å². The number of amides is 3. The lowest BCUT2D eigenvalue weighted by Gasteiger charge is -2.12. The lowest BCUT2D eigenvalue weighted by Crippen LogP contribution is -2.37. The highest BCUT2D eigenvalue weighted by atomic mass is 19.1. The zero-order chi connectivity index (χ0) is 21.9. The van der Waals surface area contributed by atoms with Crippen molar-refractivity contribution in [2.24, 2.45) is 0 Å². The van der Waals surface area contributed by atoms with Crippen molar-refractivity contribution in [3.63, 3.8) is 0 Å². The van der Waals surface area contributed by atoms with Crippen molar-refractivity contribution in [3.05, 3.63) is 53.8 Å². The maximum Gasteiger partial charge on any atom is 0.338 e. The van der Waals surface area contributed by atoms with Crippen LogP contribution in [0.3, 0.4) is 0 Å². The standard InChI is InChI=1S/C21H23FN2O6/c1-3-4-11-29-17-10-9-14(12-18(17)28-2)20(26)30-13-19(25)24-21(27)23-16-8-6-5-7-15(16)22/h5-10,12H,3-4,11,13H2,1-2H3,(H2,23,24,25,27). The lowest BCUT2D eigenvalue weighted by atomic mass is 10.2. The molecule has 0 aliphatic heterocycles. The quantitative estimate of drug-likeness (QED) is 0.477. The molecular weight excluding hydrogens is 395 g/mol. The first-order chi connectivity index (χ1) is 14.4. The Bertz CT molecular complexity index is 903. The second kappa shape index (κ2) is 11.4. The number of hydrogen-bond donors (Lipinski definition) is 2. The van der Waals surface area contributed by atoms with Gasteiger partial charge in [-0.2, -0.15) is 0 Å². The number of unbranched alkanes of at least 4 members (excludes halogenated alkanes) is 1. The predicted molar refractivity (Wildman–Crippen MR) is 107 cm³/mol. The van der Waals surface area contributed by atoms with E-state index in [1.165, 1.54) is 37.4 Å². The van der Waals surface area contributed by atoms with Crippen LogP contribution in [0.25, 0.3) is 0 Å². The smallest absolute Gasteiger partial charge is 0.338 e. The number of carbonyl (C=O) groups is 3. The Morgan fingerprint density at radius 2 is 1.83 bits per heavy atom. The Morgan fingerprint density at radius 3 is 2.53 bits per heavy atom. The third-order valence-electron chi connectivity index (χ3n) is 3.86. The van der Waals surface area contributed by atoms with Crippen molar-refractivity contribution in [2.45, 2.75) is 19.8 Å². The van der Waals surface area contributed by atoms with E-state index in [0.29, 0.717) is 18.1 Å². The van der Waals surface area contributed by atoms with Crippen LogP contribution < -0.4 is 20.1 Å².